The van der Waals surface area contributed by atoms with Crippen LogP contribution in [0.3, 0.4) is 0 Å². The summed E-state index contributed by atoms with van der Waals surface area (Å²) in [6, 6.07) is 8.90. The molecule has 1 heterocycles. The SMILES string of the molecule is CCC(=O)N1[C@H](CO)[C@@H](c2ccccc2)[C@@H]1CN(C(C)C)S(C)(=O)=O. The fourth-order valence-electron chi connectivity index (χ4n) is 3.74. The molecule has 2 rings (SSSR count). The number of likely N-dealkylation sites (tertiary alicyclic amines) is 1. The lowest BCUT2D eigenvalue weighted by Crippen LogP contribution is -2.69. The number of nitrogens with zero attached hydrogens (tertiary/aromatic N) is 2. The molecule has 25 heavy (non-hydrogen) atoms. The zero-order chi connectivity index (χ0) is 18.8. The van der Waals surface area contributed by atoms with E-state index in [1.165, 1.54) is 10.6 Å². The maximum Gasteiger partial charge on any atom is 0.222 e. The highest BCUT2D eigenvalue weighted by atomic mass is 32.2. The van der Waals surface area contributed by atoms with Crippen LogP contribution in [0.1, 0.15) is 38.7 Å². The molecule has 1 aliphatic rings. The molecule has 1 amide bonds. The predicted octanol–water partition coefficient (Wildman–Crippen LogP) is 1.42. The Morgan fingerprint density at radius 1 is 1.24 bits per heavy atom. The van der Waals surface area contributed by atoms with Crippen molar-refractivity contribution in [2.75, 3.05) is 19.4 Å². The second kappa shape index (κ2) is 7.85. The van der Waals surface area contributed by atoms with Crippen LogP contribution in [0.2, 0.25) is 0 Å². The molecule has 0 unspecified atom stereocenters. The van der Waals surface area contributed by atoms with Crippen molar-refractivity contribution in [3.8, 4) is 0 Å². The maximum absolute atomic E-state index is 12.4. The smallest absolute Gasteiger partial charge is 0.222 e. The molecule has 6 nitrogen and oxygen atoms in total. The second-order valence-electron chi connectivity index (χ2n) is 6.83. The third-order valence-corrected chi connectivity index (χ3v) is 6.30. The van der Waals surface area contributed by atoms with Crippen molar-refractivity contribution < 1.29 is 18.3 Å². The molecule has 0 saturated carbocycles. The van der Waals surface area contributed by atoms with Gasteiger partial charge in [-0.1, -0.05) is 37.3 Å². The van der Waals surface area contributed by atoms with Gasteiger partial charge in [-0.25, -0.2) is 8.42 Å². The molecule has 1 saturated heterocycles. The highest BCUT2D eigenvalue weighted by Gasteiger charge is 2.51. The molecule has 1 fully saturated rings. The van der Waals surface area contributed by atoms with Crippen molar-refractivity contribution in [1.29, 1.82) is 0 Å². The minimum atomic E-state index is -3.39. The first-order chi connectivity index (χ1) is 11.7. The van der Waals surface area contributed by atoms with E-state index in [4.69, 9.17) is 0 Å². The number of amides is 1. The van der Waals surface area contributed by atoms with E-state index in [2.05, 4.69) is 0 Å². The lowest BCUT2D eigenvalue weighted by Gasteiger charge is -2.56. The van der Waals surface area contributed by atoms with E-state index in [9.17, 15) is 18.3 Å². The van der Waals surface area contributed by atoms with Gasteiger partial charge in [0.15, 0.2) is 0 Å². The lowest BCUT2D eigenvalue weighted by atomic mass is 9.74. The number of sulfonamides is 1. The molecule has 1 aromatic rings. The Balaban J connectivity index is 2.38. The van der Waals surface area contributed by atoms with Crippen LogP contribution >= 0.6 is 0 Å². The molecule has 0 aliphatic carbocycles. The van der Waals surface area contributed by atoms with Crippen LogP contribution in [0.15, 0.2) is 30.3 Å². The van der Waals surface area contributed by atoms with Gasteiger partial charge in [-0.3, -0.25) is 4.79 Å². The quantitative estimate of drug-likeness (QED) is 0.790. The van der Waals surface area contributed by atoms with E-state index >= 15 is 0 Å². The van der Waals surface area contributed by atoms with Crippen molar-refractivity contribution in [1.82, 2.24) is 9.21 Å². The normalized spacial score (nSPS) is 23.8. The van der Waals surface area contributed by atoms with Gasteiger partial charge in [-0.05, 0) is 19.4 Å². The summed E-state index contributed by atoms with van der Waals surface area (Å²) in [5, 5.41) is 9.83. The fraction of sp³-hybridized carbons (Fsp3) is 0.611. The molecule has 1 N–H and O–H groups in total. The maximum atomic E-state index is 12.4. The third kappa shape index (κ3) is 4.04. The third-order valence-electron chi connectivity index (χ3n) is 4.87. The van der Waals surface area contributed by atoms with Crippen LogP contribution in [0.4, 0.5) is 0 Å². The average Bonchev–Trinajstić information content (AvgIpc) is 2.53. The number of carbonyl (C=O) groups excluding carboxylic acids is 1. The Morgan fingerprint density at radius 2 is 1.84 bits per heavy atom. The summed E-state index contributed by atoms with van der Waals surface area (Å²) in [6.07, 6.45) is 1.52. The largest absolute Gasteiger partial charge is 0.394 e. The van der Waals surface area contributed by atoms with Crippen LogP contribution in [0, 0.1) is 0 Å². The van der Waals surface area contributed by atoms with Gasteiger partial charge in [0.25, 0.3) is 0 Å². The molecule has 140 valence electrons. The van der Waals surface area contributed by atoms with Gasteiger partial charge < -0.3 is 10.0 Å². The van der Waals surface area contributed by atoms with Crippen molar-refractivity contribution in [2.45, 2.75) is 51.2 Å². The van der Waals surface area contributed by atoms with Gasteiger partial charge in [0, 0.05) is 24.9 Å². The van der Waals surface area contributed by atoms with Crippen molar-refractivity contribution in [3.63, 3.8) is 0 Å². The number of aliphatic hydroxyl groups excluding tert-OH is 1. The zero-order valence-corrected chi connectivity index (χ0v) is 16.1. The fourth-order valence-corrected chi connectivity index (χ4v) is 4.92. The van der Waals surface area contributed by atoms with E-state index in [-0.39, 0.29) is 43.1 Å². The Kier molecular flexibility index (Phi) is 6.24. The van der Waals surface area contributed by atoms with Crippen molar-refractivity contribution in [2.24, 2.45) is 0 Å². The Hall–Kier alpha value is -1.44. The van der Waals surface area contributed by atoms with E-state index in [0.29, 0.717) is 6.42 Å². The molecule has 3 atom stereocenters. The topological polar surface area (TPSA) is 77.9 Å². The Labute approximate surface area is 150 Å². The second-order valence-corrected chi connectivity index (χ2v) is 8.77. The molecule has 0 aromatic heterocycles. The van der Waals surface area contributed by atoms with Crippen LogP contribution in [-0.2, 0) is 14.8 Å². The molecule has 0 radical (unpaired) electrons. The van der Waals surface area contributed by atoms with E-state index in [0.717, 1.165) is 5.56 Å². The number of aliphatic hydroxyl groups is 1. The number of rotatable bonds is 7. The van der Waals surface area contributed by atoms with Gasteiger partial charge >= 0.3 is 0 Å². The Morgan fingerprint density at radius 3 is 2.28 bits per heavy atom. The first-order valence-electron chi connectivity index (χ1n) is 8.66. The summed E-state index contributed by atoms with van der Waals surface area (Å²) in [7, 11) is -3.39. The van der Waals surface area contributed by atoms with Crippen LogP contribution in [0.5, 0.6) is 0 Å². The molecule has 7 heteroatoms. The molecule has 1 aromatic carbocycles. The average molecular weight is 368 g/mol. The molecular weight excluding hydrogens is 340 g/mol. The summed E-state index contributed by atoms with van der Waals surface area (Å²) < 4.78 is 25.8. The predicted molar refractivity (Wildman–Crippen MR) is 97.7 cm³/mol. The van der Waals surface area contributed by atoms with Crippen LogP contribution in [0.25, 0.3) is 0 Å². The number of benzene rings is 1. The van der Waals surface area contributed by atoms with E-state index in [1.807, 2.05) is 44.2 Å². The summed E-state index contributed by atoms with van der Waals surface area (Å²) in [4.78, 5) is 14.1. The molecule has 0 bridgehead atoms. The lowest BCUT2D eigenvalue weighted by molar-refractivity contribution is -0.151. The molecule has 1 aliphatic heterocycles. The highest BCUT2D eigenvalue weighted by molar-refractivity contribution is 7.88. The number of hydrogen-bond donors (Lipinski definition) is 1. The summed E-state index contributed by atoms with van der Waals surface area (Å²) >= 11 is 0. The zero-order valence-electron chi connectivity index (χ0n) is 15.3. The van der Waals surface area contributed by atoms with Crippen LogP contribution in [-0.4, -0.2) is 66.2 Å². The monoisotopic (exact) mass is 368 g/mol. The summed E-state index contributed by atoms with van der Waals surface area (Å²) in [5.74, 6) is -0.141. The number of carbonyl (C=O) groups is 1. The highest BCUT2D eigenvalue weighted by Crippen LogP contribution is 2.41. The van der Waals surface area contributed by atoms with Crippen molar-refractivity contribution >= 4 is 15.9 Å². The van der Waals surface area contributed by atoms with E-state index in [1.54, 1.807) is 11.8 Å². The van der Waals surface area contributed by atoms with Gasteiger partial charge in [0.1, 0.15) is 0 Å². The van der Waals surface area contributed by atoms with Gasteiger partial charge in [0.05, 0.1) is 24.9 Å². The Bertz CT molecular complexity index is 690. The summed E-state index contributed by atoms with van der Waals surface area (Å²) in [5.41, 5.74) is 1.02. The van der Waals surface area contributed by atoms with Gasteiger partial charge in [-0.15, -0.1) is 0 Å². The first kappa shape index (κ1) is 19.9. The van der Waals surface area contributed by atoms with E-state index < -0.39 is 10.0 Å². The standard InChI is InChI=1S/C18H28N2O4S/c1-5-17(22)20-15(11-19(13(2)3)25(4,23)24)18(16(20)12-21)14-9-7-6-8-10-14/h6-10,13,15-16,18,21H,5,11-12H2,1-4H3/t15-,16+,18-/m0/s1. The van der Waals surface area contributed by atoms with Gasteiger partial charge in [-0.2, -0.15) is 4.31 Å². The minimum Gasteiger partial charge on any atom is -0.394 e. The van der Waals surface area contributed by atoms with Crippen molar-refractivity contribution in [3.05, 3.63) is 35.9 Å². The molecular formula is C18H28N2O4S. The first-order valence-corrected chi connectivity index (χ1v) is 10.5. The van der Waals surface area contributed by atoms with Crippen LogP contribution < -0.4 is 0 Å². The van der Waals surface area contributed by atoms with Gasteiger partial charge in [0.2, 0.25) is 15.9 Å². The number of hydrogen-bond acceptors (Lipinski definition) is 4. The molecule has 0 spiro atoms. The minimum absolute atomic E-state index is 0.0616. The summed E-state index contributed by atoms with van der Waals surface area (Å²) in [6.45, 7) is 5.53.